The second kappa shape index (κ2) is 9.55. The molecule has 0 saturated carbocycles. The Balaban J connectivity index is 0.00000231. The molecule has 0 aliphatic rings. The van der Waals surface area contributed by atoms with Gasteiger partial charge in [-0.3, -0.25) is 0 Å². The van der Waals surface area contributed by atoms with E-state index in [4.69, 9.17) is 4.74 Å². The van der Waals surface area contributed by atoms with Crippen LogP contribution in [-0.2, 0) is 21.1 Å². The van der Waals surface area contributed by atoms with Crippen molar-refractivity contribution in [2.45, 2.75) is 0 Å². The fourth-order valence-corrected chi connectivity index (χ4v) is 3.32. The van der Waals surface area contributed by atoms with E-state index in [1.54, 1.807) is 6.20 Å². The van der Waals surface area contributed by atoms with Gasteiger partial charge in [0.05, 0.1) is 11.9 Å². The topological polar surface area (TPSA) is 39.9 Å². The van der Waals surface area contributed by atoms with Gasteiger partial charge in [0.2, 0.25) is 5.88 Å². The Morgan fingerprint density at radius 2 is 1.35 bits per heavy atom. The van der Waals surface area contributed by atoms with E-state index in [0.717, 1.165) is 22.6 Å². The molecule has 0 aliphatic carbocycles. The minimum atomic E-state index is 0. The van der Waals surface area contributed by atoms with Crippen molar-refractivity contribution in [1.82, 2.24) is 14.8 Å². The standard InChI is InChI=1S/C26H19N3O.Pt/c1-2-7-20(8-3-1)21-12-14-22(15-13-21)23-18-28-29(19-23)24-9-6-10-25(17-24)30-26-11-4-5-16-27-26;/h1-19H;. The SMILES string of the molecule is [Pt].c1ccc(-c2ccc(-c3cnn(-c4cccc(Oc5ccccn5)c4)c3)cc2)cc1. The van der Waals surface area contributed by atoms with Gasteiger partial charge in [-0.15, -0.1) is 0 Å². The molecule has 0 fully saturated rings. The zero-order valence-electron chi connectivity index (χ0n) is 16.5. The predicted molar refractivity (Wildman–Crippen MR) is 119 cm³/mol. The van der Waals surface area contributed by atoms with Gasteiger partial charge >= 0.3 is 0 Å². The minimum absolute atomic E-state index is 0. The van der Waals surface area contributed by atoms with E-state index in [-0.39, 0.29) is 21.1 Å². The molecule has 0 amide bonds. The van der Waals surface area contributed by atoms with Crippen LogP contribution in [0.15, 0.2) is 116 Å². The molecule has 2 heterocycles. The van der Waals surface area contributed by atoms with Crippen LogP contribution in [0.1, 0.15) is 0 Å². The van der Waals surface area contributed by atoms with Crippen molar-refractivity contribution < 1.29 is 25.8 Å². The third-order valence-corrected chi connectivity index (χ3v) is 4.85. The minimum Gasteiger partial charge on any atom is -0.439 e. The van der Waals surface area contributed by atoms with Gasteiger partial charge in [0, 0.05) is 51.2 Å². The second-order valence-electron chi connectivity index (χ2n) is 6.88. The quantitative estimate of drug-likeness (QED) is 0.240. The molecule has 0 bridgehead atoms. The van der Waals surface area contributed by atoms with Crippen LogP contribution in [0.2, 0.25) is 0 Å². The predicted octanol–water partition coefficient (Wildman–Crippen LogP) is 6.39. The van der Waals surface area contributed by atoms with Crippen molar-refractivity contribution >= 4 is 0 Å². The van der Waals surface area contributed by atoms with Gasteiger partial charge in [-0.05, 0) is 34.9 Å². The third-order valence-electron chi connectivity index (χ3n) is 4.85. The van der Waals surface area contributed by atoms with E-state index >= 15 is 0 Å². The Morgan fingerprint density at radius 1 is 0.645 bits per heavy atom. The number of hydrogen-bond donors (Lipinski definition) is 0. The number of aromatic nitrogens is 3. The summed E-state index contributed by atoms with van der Waals surface area (Å²) in [6.07, 6.45) is 5.61. The summed E-state index contributed by atoms with van der Waals surface area (Å²) >= 11 is 0. The summed E-state index contributed by atoms with van der Waals surface area (Å²) in [6.45, 7) is 0. The molecule has 0 spiro atoms. The third kappa shape index (κ3) is 4.81. The maximum atomic E-state index is 5.83. The molecule has 0 unspecified atom stereocenters. The first-order valence-electron chi connectivity index (χ1n) is 9.75. The molecule has 5 rings (SSSR count). The van der Waals surface area contributed by atoms with Crippen molar-refractivity contribution in [3.05, 3.63) is 116 Å². The van der Waals surface area contributed by atoms with Crippen LogP contribution in [0.5, 0.6) is 11.6 Å². The van der Waals surface area contributed by atoms with Crippen LogP contribution in [0, 0.1) is 0 Å². The van der Waals surface area contributed by atoms with Crippen LogP contribution in [0.25, 0.3) is 27.9 Å². The molecule has 31 heavy (non-hydrogen) atoms. The van der Waals surface area contributed by atoms with E-state index in [9.17, 15) is 0 Å². The molecular formula is C26H19N3OPt. The number of benzene rings is 3. The molecule has 154 valence electrons. The molecule has 0 N–H and O–H groups in total. The normalized spacial score (nSPS) is 10.3. The number of hydrogen-bond acceptors (Lipinski definition) is 3. The molecule has 0 aliphatic heterocycles. The average Bonchev–Trinajstić information content (AvgIpc) is 3.31. The summed E-state index contributed by atoms with van der Waals surface area (Å²) in [5.74, 6) is 1.28. The summed E-state index contributed by atoms with van der Waals surface area (Å²) in [5.41, 5.74) is 5.53. The van der Waals surface area contributed by atoms with Crippen LogP contribution < -0.4 is 4.74 Å². The average molecular weight is 585 g/mol. The summed E-state index contributed by atoms with van der Waals surface area (Å²) in [7, 11) is 0. The Kier molecular flexibility index (Phi) is 6.39. The van der Waals surface area contributed by atoms with E-state index in [1.807, 2.05) is 65.6 Å². The first-order chi connectivity index (χ1) is 14.8. The summed E-state index contributed by atoms with van der Waals surface area (Å²) in [6, 6.07) is 32.3. The first-order valence-corrected chi connectivity index (χ1v) is 9.75. The second-order valence-corrected chi connectivity index (χ2v) is 6.88. The maximum absolute atomic E-state index is 5.83. The monoisotopic (exact) mass is 584 g/mol. The van der Waals surface area contributed by atoms with Gasteiger partial charge in [-0.2, -0.15) is 5.10 Å². The van der Waals surface area contributed by atoms with Crippen molar-refractivity contribution in [1.29, 1.82) is 0 Å². The van der Waals surface area contributed by atoms with Gasteiger partial charge in [-0.25, -0.2) is 9.67 Å². The number of ether oxygens (including phenoxy) is 1. The van der Waals surface area contributed by atoms with Crippen molar-refractivity contribution in [2.24, 2.45) is 0 Å². The van der Waals surface area contributed by atoms with Gasteiger partial charge in [0.15, 0.2) is 0 Å². The van der Waals surface area contributed by atoms with E-state index in [1.165, 1.54) is 11.1 Å². The molecule has 5 heteroatoms. The molecule has 0 radical (unpaired) electrons. The van der Waals surface area contributed by atoms with Crippen LogP contribution >= 0.6 is 0 Å². The number of rotatable bonds is 5. The molecule has 2 aromatic heterocycles. The van der Waals surface area contributed by atoms with E-state index in [0.29, 0.717) is 5.88 Å². The molecule has 3 aromatic carbocycles. The molecular weight excluding hydrogens is 565 g/mol. The number of nitrogens with zero attached hydrogens (tertiary/aromatic N) is 3. The Labute approximate surface area is 195 Å². The number of pyridine rings is 1. The Bertz CT molecular complexity index is 1250. The zero-order chi connectivity index (χ0) is 20.2. The van der Waals surface area contributed by atoms with E-state index < -0.39 is 0 Å². The van der Waals surface area contributed by atoms with Crippen molar-refractivity contribution in [2.75, 3.05) is 0 Å². The molecule has 0 saturated heterocycles. The van der Waals surface area contributed by atoms with Gasteiger partial charge in [0.25, 0.3) is 0 Å². The molecule has 5 aromatic rings. The smallest absolute Gasteiger partial charge is 0.219 e. The van der Waals surface area contributed by atoms with Crippen molar-refractivity contribution in [3.63, 3.8) is 0 Å². The Morgan fingerprint density at radius 3 is 2.10 bits per heavy atom. The fraction of sp³-hybridized carbons (Fsp3) is 0. The van der Waals surface area contributed by atoms with Crippen LogP contribution in [0.4, 0.5) is 0 Å². The summed E-state index contributed by atoms with van der Waals surface area (Å²) in [5, 5.41) is 4.54. The van der Waals surface area contributed by atoms with Crippen LogP contribution in [-0.4, -0.2) is 14.8 Å². The maximum Gasteiger partial charge on any atom is 0.219 e. The Hall–Kier alpha value is -3.49. The first kappa shape index (κ1) is 20.8. The van der Waals surface area contributed by atoms with Gasteiger partial charge in [0.1, 0.15) is 5.75 Å². The van der Waals surface area contributed by atoms with Crippen LogP contribution in [0.3, 0.4) is 0 Å². The largest absolute Gasteiger partial charge is 0.439 e. The molecule has 4 nitrogen and oxygen atoms in total. The van der Waals surface area contributed by atoms with Crippen molar-refractivity contribution in [3.8, 4) is 39.6 Å². The summed E-state index contributed by atoms with van der Waals surface area (Å²) in [4.78, 5) is 4.20. The zero-order valence-corrected chi connectivity index (χ0v) is 18.8. The summed E-state index contributed by atoms with van der Waals surface area (Å²) < 4.78 is 7.69. The fourth-order valence-electron chi connectivity index (χ4n) is 3.32. The van der Waals surface area contributed by atoms with Gasteiger partial charge in [-0.1, -0.05) is 66.7 Å². The molecule has 0 atom stereocenters. The van der Waals surface area contributed by atoms with E-state index in [2.05, 4.69) is 58.6 Å². The van der Waals surface area contributed by atoms with Gasteiger partial charge < -0.3 is 4.74 Å².